The zero-order valence-corrected chi connectivity index (χ0v) is 11.3. The zero-order chi connectivity index (χ0) is 12.0. The van der Waals surface area contributed by atoms with E-state index in [0.29, 0.717) is 23.8 Å². The molecule has 0 bridgehead atoms. The molecule has 16 heavy (non-hydrogen) atoms. The first-order valence-corrected chi connectivity index (χ1v) is 6.37. The summed E-state index contributed by atoms with van der Waals surface area (Å²) in [4.78, 5) is 0. The summed E-state index contributed by atoms with van der Waals surface area (Å²) in [6, 6.07) is 1.09. The molecule has 1 rings (SSSR count). The molecule has 2 unspecified atom stereocenters. The smallest absolute Gasteiger partial charge is 0.181 e. The molecule has 4 nitrogen and oxygen atoms in total. The van der Waals surface area contributed by atoms with Crippen molar-refractivity contribution in [2.45, 2.75) is 45.2 Å². The number of nitrogens with zero attached hydrogens (tertiary/aromatic N) is 1. The Hall–Kier alpha value is -0.390. The van der Waals surface area contributed by atoms with Gasteiger partial charge in [-0.3, -0.25) is 5.43 Å². The third-order valence-corrected chi connectivity index (χ3v) is 3.25. The van der Waals surface area contributed by atoms with E-state index in [4.69, 9.17) is 17.0 Å². The van der Waals surface area contributed by atoms with Crippen LogP contribution < -0.4 is 10.7 Å². The van der Waals surface area contributed by atoms with Crippen molar-refractivity contribution in [3.05, 3.63) is 0 Å². The molecule has 0 saturated carbocycles. The Bertz CT molecular complexity index is 215. The van der Waals surface area contributed by atoms with Gasteiger partial charge in [-0.15, -0.1) is 0 Å². The van der Waals surface area contributed by atoms with E-state index < -0.39 is 0 Å². The van der Waals surface area contributed by atoms with Crippen molar-refractivity contribution in [1.82, 2.24) is 15.8 Å². The minimum absolute atomic E-state index is 0.547. The molecule has 0 aromatic rings. The maximum atomic E-state index is 5.23. The number of hydrogen-bond acceptors (Lipinski definition) is 3. The lowest BCUT2D eigenvalue weighted by atomic mass is 10.00. The summed E-state index contributed by atoms with van der Waals surface area (Å²) in [5.41, 5.74) is 3.28. The molecule has 0 amide bonds. The molecule has 5 heteroatoms. The Morgan fingerprint density at radius 1 is 1.38 bits per heavy atom. The lowest BCUT2D eigenvalue weighted by molar-refractivity contribution is 0.0734. The summed E-state index contributed by atoms with van der Waals surface area (Å²) >= 11 is 5.23. The molecule has 2 atom stereocenters. The Kier molecular flexibility index (Phi) is 6.01. The highest BCUT2D eigenvalue weighted by Gasteiger charge is 2.24. The number of thiocarbonyl (C=S) groups is 1. The summed E-state index contributed by atoms with van der Waals surface area (Å²) in [6.45, 7) is 5.90. The van der Waals surface area contributed by atoms with Crippen LogP contribution >= 0.6 is 12.2 Å². The Labute approximate surface area is 104 Å². The van der Waals surface area contributed by atoms with Crippen LogP contribution in [-0.2, 0) is 4.74 Å². The van der Waals surface area contributed by atoms with Crippen molar-refractivity contribution < 1.29 is 4.74 Å². The molecule has 1 aliphatic rings. The molecule has 1 fully saturated rings. The molecule has 2 N–H and O–H groups in total. The quantitative estimate of drug-likeness (QED) is 0.576. The van der Waals surface area contributed by atoms with Crippen LogP contribution in [0.15, 0.2) is 0 Å². The lowest BCUT2D eigenvalue weighted by Crippen LogP contribution is -2.56. The third kappa shape index (κ3) is 4.23. The van der Waals surface area contributed by atoms with Crippen LogP contribution in [0.5, 0.6) is 0 Å². The molecule has 0 aliphatic carbocycles. The van der Waals surface area contributed by atoms with Crippen molar-refractivity contribution >= 4 is 17.3 Å². The van der Waals surface area contributed by atoms with Gasteiger partial charge in [-0.1, -0.05) is 6.42 Å². The van der Waals surface area contributed by atoms with E-state index in [1.807, 2.05) is 0 Å². The maximum Gasteiger partial charge on any atom is 0.181 e. The molecule has 0 aromatic carbocycles. The van der Waals surface area contributed by atoms with Gasteiger partial charge < -0.3 is 10.1 Å². The zero-order valence-electron chi connectivity index (χ0n) is 10.5. The van der Waals surface area contributed by atoms with Gasteiger partial charge in [-0.25, -0.2) is 5.01 Å². The highest BCUT2D eigenvalue weighted by Crippen LogP contribution is 2.19. The van der Waals surface area contributed by atoms with Gasteiger partial charge in [0, 0.05) is 25.7 Å². The Morgan fingerprint density at radius 2 is 2.00 bits per heavy atom. The number of piperidine rings is 1. The number of hydrazine groups is 1. The van der Waals surface area contributed by atoms with Gasteiger partial charge in [0.15, 0.2) is 5.11 Å². The van der Waals surface area contributed by atoms with Crippen LogP contribution in [-0.4, -0.2) is 42.5 Å². The number of hydrogen-bond donors (Lipinski definition) is 2. The van der Waals surface area contributed by atoms with Crippen LogP contribution in [0.25, 0.3) is 0 Å². The highest BCUT2D eigenvalue weighted by atomic mass is 32.1. The molecular weight excluding hydrogens is 222 g/mol. The second-order valence-electron chi connectivity index (χ2n) is 4.40. The van der Waals surface area contributed by atoms with Gasteiger partial charge >= 0.3 is 0 Å². The topological polar surface area (TPSA) is 36.5 Å². The van der Waals surface area contributed by atoms with E-state index in [0.717, 1.165) is 6.54 Å². The fourth-order valence-corrected chi connectivity index (χ4v) is 2.27. The Balaban J connectivity index is 2.30. The molecule has 0 aromatic heterocycles. The molecule has 0 radical (unpaired) electrons. The van der Waals surface area contributed by atoms with Crippen molar-refractivity contribution in [3.63, 3.8) is 0 Å². The summed E-state index contributed by atoms with van der Waals surface area (Å²) in [6.07, 6.45) is 3.78. The van der Waals surface area contributed by atoms with Gasteiger partial charge in [-0.05, 0) is 38.9 Å². The highest BCUT2D eigenvalue weighted by molar-refractivity contribution is 7.80. The van der Waals surface area contributed by atoms with E-state index in [1.54, 1.807) is 7.11 Å². The van der Waals surface area contributed by atoms with Crippen LogP contribution in [0.3, 0.4) is 0 Å². The summed E-state index contributed by atoms with van der Waals surface area (Å²) < 4.78 is 4.96. The largest absolute Gasteiger partial charge is 0.383 e. The number of methoxy groups -OCH3 is 1. The molecule has 1 aliphatic heterocycles. The average Bonchev–Trinajstić information content (AvgIpc) is 2.24. The van der Waals surface area contributed by atoms with E-state index in [2.05, 4.69) is 29.6 Å². The average molecular weight is 245 g/mol. The van der Waals surface area contributed by atoms with Crippen molar-refractivity contribution in [3.8, 4) is 0 Å². The second kappa shape index (κ2) is 7.04. The normalized spacial score (nSPS) is 26.4. The Morgan fingerprint density at radius 3 is 2.56 bits per heavy atom. The SMILES string of the molecule is COCCNC(=S)NN1C(C)CCCC1C. The third-order valence-electron chi connectivity index (χ3n) is 3.02. The number of rotatable bonds is 4. The number of nitrogens with one attached hydrogen (secondary N) is 2. The van der Waals surface area contributed by atoms with Crippen molar-refractivity contribution in [2.24, 2.45) is 0 Å². The molecule has 1 saturated heterocycles. The maximum absolute atomic E-state index is 5.23. The van der Waals surface area contributed by atoms with E-state index >= 15 is 0 Å². The van der Waals surface area contributed by atoms with Gasteiger partial charge in [0.1, 0.15) is 0 Å². The van der Waals surface area contributed by atoms with Crippen LogP contribution in [0.1, 0.15) is 33.1 Å². The van der Waals surface area contributed by atoms with Crippen LogP contribution in [0, 0.1) is 0 Å². The minimum atomic E-state index is 0.547. The number of ether oxygens (including phenoxy) is 1. The minimum Gasteiger partial charge on any atom is -0.383 e. The fraction of sp³-hybridized carbons (Fsp3) is 0.909. The predicted octanol–water partition coefficient (Wildman–Crippen LogP) is 1.27. The molecule has 1 heterocycles. The summed E-state index contributed by atoms with van der Waals surface area (Å²) in [5, 5.41) is 6.07. The van der Waals surface area contributed by atoms with Gasteiger partial charge in [-0.2, -0.15) is 0 Å². The van der Waals surface area contributed by atoms with Crippen LogP contribution in [0.2, 0.25) is 0 Å². The first-order valence-electron chi connectivity index (χ1n) is 5.97. The van der Waals surface area contributed by atoms with Crippen molar-refractivity contribution in [1.29, 1.82) is 0 Å². The fourth-order valence-electron chi connectivity index (χ4n) is 2.07. The van der Waals surface area contributed by atoms with Gasteiger partial charge in [0.05, 0.1) is 6.61 Å². The van der Waals surface area contributed by atoms with Crippen LogP contribution in [0.4, 0.5) is 0 Å². The van der Waals surface area contributed by atoms with Gasteiger partial charge in [0.25, 0.3) is 0 Å². The first kappa shape index (κ1) is 13.7. The lowest BCUT2D eigenvalue weighted by Gasteiger charge is -2.39. The summed E-state index contributed by atoms with van der Waals surface area (Å²) in [7, 11) is 1.69. The molecule has 0 spiro atoms. The summed E-state index contributed by atoms with van der Waals surface area (Å²) in [5.74, 6) is 0. The van der Waals surface area contributed by atoms with Gasteiger partial charge in [0.2, 0.25) is 0 Å². The van der Waals surface area contributed by atoms with E-state index in [9.17, 15) is 0 Å². The second-order valence-corrected chi connectivity index (χ2v) is 4.80. The standard InChI is InChI=1S/C11H23N3OS/c1-9-5-4-6-10(2)14(9)13-11(16)12-7-8-15-3/h9-10H,4-8H2,1-3H3,(H2,12,13,16). The van der Waals surface area contributed by atoms with Crippen molar-refractivity contribution in [2.75, 3.05) is 20.3 Å². The molecular formula is C11H23N3OS. The first-order chi connectivity index (χ1) is 7.65. The van der Waals surface area contributed by atoms with E-state index in [-0.39, 0.29) is 0 Å². The monoisotopic (exact) mass is 245 g/mol. The van der Waals surface area contributed by atoms with E-state index in [1.165, 1.54) is 19.3 Å². The molecule has 94 valence electrons. The predicted molar refractivity (Wildman–Crippen MR) is 70.2 cm³/mol.